The summed E-state index contributed by atoms with van der Waals surface area (Å²) >= 11 is 0. The van der Waals surface area contributed by atoms with Gasteiger partial charge in [-0.1, -0.05) is 37.3 Å². The van der Waals surface area contributed by atoms with Crippen LogP contribution >= 0.6 is 0 Å². The van der Waals surface area contributed by atoms with E-state index in [1.165, 1.54) is 9.13 Å². The number of benzene rings is 2. The van der Waals surface area contributed by atoms with Crippen molar-refractivity contribution >= 4 is 22.7 Å². The lowest BCUT2D eigenvalue weighted by Gasteiger charge is -2.38. The van der Waals surface area contributed by atoms with Crippen LogP contribution in [0.5, 0.6) is 0 Å². The summed E-state index contributed by atoms with van der Waals surface area (Å²) in [4.78, 5) is 55.8. The van der Waals surface area contributed by atoms with Gasteiger partial charge in [0.05, 0.1) is 10.9 Å². The van der Waals surface area contributed by atoms with E-state index in [1.54, 1.807) is 31.2 Å². The van der Waals surface area contributed by atoms with Crippen LogP contribution < -0.4 is 11.2 Å². The van der Waals surface area contributed by atoms with E-state index in [0.29, 0.717) is 48.9 Å². The molecule has 1 fully saturated rings. The monoisotopic (exact) mass is 476 g/mol. The average Bonchev–Trinajstić information content (AvgIpc) is 2.90. The Hall–Kier alpha value is -3.68. The summed E-state index contributed by atoms with van der Waals surface area (Å²) in [6, 6.07) is 16.2. The number of carbonyl (C=O) groups is 2. The Kier molecular flexibility index (Phi) is 7.48. The Labute approximate surface area is 204 Å². The Bertz CT molecular complexity index is 1320. The van der Waals surface area contributed by atoms with Crippen molar-refractivity contribution in [3.05, 3.63) is 81.0 Å². The van der Waals surface area contributed by atoms with Crippen LogP contribution in [-0.2, 0) is 17.9 Å². The Balaban J connectivity index is 1.54. The van der Waals surface area contributed by atoms with Crippen molar-refractivity contribution in [3.8, 4) is 0 Å². The van der Waals surface area contributed by atoms with E-state index >= 15 is 0 Å². The molecular formula is C27H32N4O4. The van der Waals surface area contributed by atoms with Gasteiger partial charge in [0.25, 0.3) is 11.5 Å². The highest BCUT2D eigenvalue weighted by Gasteiger charge is 2.30. The van der Waals surface area contributed by atoms with Gasteiger partial charge in [-0.3, -0.25) is 23.5 Å². The highest BCUT2D eigenvalue weighted by atomic mass is 16.2. The number of amides is 2. The molecule has 0 radical (unpaired) electrons. The van der Waals surface area contributed by atoms with Gasteiger partial charge >= 0.3 is 5.69 Å². The number of hydrogen-bond acceptors (Lipinski definition) is 4. The molecule has 4 rings (SSSR count). The van der Waals surface area contributed by atoms with Crippen LogP contribution in [0.1, 0.15) is 43.5 Å². The van der Waals surface area contributed by atoms with Crippen molar-refractivity contribution in [1.82, 2.24) is 18.9 Å². The number of hydrogen-bond donors (Lipinski definition) is 0. The van der Waals surface area contributed by atoms with E-state index in [1.807, 2.05) is 47.1 Å². The van der Waals surface area contributed by atoms with E-state index in [0.717, 1.165) is 6.42 Å². The van der Waals surface area contributed by atoms with E-state index in [-0.39, 0.29) is 36.5 Å². The van der Waals surface area contributed by atoms with Gasteiger partial charge in [-0.15, -0.1) is 0 Å². The molecule has 184 valence electrons. The van der Waals surface area contributed by atoms with Crippen LogP contribution in [0, 0.1) is 0 Å². The molecule has 1 aromatic heterocycles. The quantitative estimate of drug-likeness (QED) is 0.525. The Morgan fingerprint density at radius 1 is 0.914 bits per heavy atom. The van der Waals surface area contributed by atoms with Crippen molar-refractivity contribution < 1.29 is 9.59 Å². The third kappa shape index (κ3) is 4.92. The summed E-state index contributed by atoms with van der Waals surface area (Å²) in [5.74, 6) is -0.134. The predicted molar refractivity (Wildman–Crippen MR) is 136 cm³/mol. The minimum Gasteiger partial charge on any atom is -0.338 e. The molecule has 0 aliphatic carbocycles. The van der Waals surface area contributed by atoms with Crippen LogP contribution in [0.25, 0.3) is 10.9 Å². The second-order valence-corrected chi connectivity index (χ2v) is 8.91. The van der Waals surface area contributed by atoms with Crippen LogP contribution in [0.3, 0.4) is 0 Å². The normalized spacial score (nSPS) is 14.3. The molecular weight excluding hydrogens is 444 g/mol. The van der Waals surface area contributed by atoms with Crippen molar-refractivity contribution in [2.24, 2.45) is 0 Å². The lowest BCUT2D eigenvalue weighted by atomic mass is 10.0. The molecule has 2 aromatic carbocycles. The third-order valence-electron chi connectivity index (χ3n) is 6.74. The summed E-state index contributed by atoms with van der Waals surface area (Å²) in [7, 11) is 0. The summed E-state index contributed by atoms with van der Waals surface area (Å²) in [6.07, 6.45) is 2.17. The minimum absolute atomic E-state index is 0.00122. The van der Waals surface area contributed by atoms with Crippen molar-refractivity contribution in [3.63, 3.8) is 0 Å². The molecule has 1 saturated heterocycles. The molecule has 0 unspecified atom stereocenters. The molecule has 1 aliphatic rings. The third-order valence-corrected chi connectivity index (χ3v) is 6.74. The van der Waals surface area contributed by atoms with Crippen LogP contribution in [0.2, 0.25) is 0 Å². The zero-order valence-corrected chi connectivity index (χ0v) is 20.4. The smallest absolute Gasteiger partial charge is 0.331 e. The van der Waals surface area contributed by atoms with Gasteiger partial charge in [-0.2, -0.15) is 0 Å². The van der Waals surface area contributed by atoms with E-state index < -0.39 is 5.69 Å². The number of rotatable bonds is 7. The fourth-order valence-corrected chi connectivity index (χ4v) is 4.92. The van der Waals surface area contributed by atoms with Gasteiger partial charge in [0, 0.05) is 37.8 Å². The van der Waals surface area contributed by atoms with Gasteiger partial charge in [-0.25, -0.2) is 4.79 Å². The standard InChI is InChI=1S/C27H32N4O4/c1-3-16-30(21-14-17-28(18-15-21)25(33)20-10-6-5-7-11-20)24(32)19-31-23-13-9-8-12-22(23)26(34)29(4-2)27(31)35/h5-13,21H,3-4,14-19H2,1-2H3. The molecule has 2 heterocycles. The average molecular weight is 477 g/mol. The van der Waals surface area contributed by atoms with Gasteiger partial charge in [-0.05, 0) is 50.5 Å². The molecule has 0 spiro atoms. The summed E-state index contributed by atoms with van der Waals surface area (Å²) in [5.41, 5.74) is 0.340. The molecule has 0 atom stereocenters. The second kappa shape index (κ2) is 10.7. The Morgan fingerprint density at radius 2 is 1.57 bits per heavy atom. The van der Waals surface area contributed by atoms with Crippen LogP contribution in [0.4, 0.5) is 0 Å². The minimum atomic E-state index is -0.468. The topological polar surface area (TPSA) is 84.6 Å². The lowest BCUT2D eigenvalue weighted by molar-refractivity contribution is -0.135. The SMILES string of the molecule is CCCN(C(=O)Cn1c(=O)n(CC)c(=O)c2ccccc21)C1CCN(C(=O)c2ccccc2)CC1. The van der Waals surface area contributed by atoms with Gasteiger partial charge < -0.3 is 9.80 Å². The molecule has 0 N–H and O–H groups in total. The molecule has 35 heavy (non-hydrogen) atoms. The second-order valence-electron chi connectivity index (χ2n) is 8.91. The number of para-hydroxylation sites is 1. The molecule has 1 aliphatic heterocycles. The molecule has 3 aromatic rings. The maximum Gasteiger partial charge on any atom is 0.331 e. The molecule has 0 saturated carbocycles. The van der Waals surface area contributed by atoms with Crippen molar-refractivity contribution in [1.29, 1.82) is 0 Å². The highest BCUT2D eigenvalue weighted by molar-refractivity contribution is 5.94. The highest BCUT2D eigenvalue weighted by Crippen LogP contribution is 2.20. The number of fused-ring (bicyclic) bond motifs is 1. The maximum atomic E-state index is 13.5. The largest absolute Gasteiger partial charge is 0.338 e. The van der Waals surface area contributed by atoms with E-state index in [4.69, 9.17) is 0 Å². The predicted octanol–water partition coefficient (Wildman–Crippen LogP) is 2.73. The summed E-state index contributed by atoms with van der Waals surface area (Å²) < 4.78 is 2.59. The zero-order chi connectivity index (χ0) is 24.9. The first-order valence-electron chi connectivity index (χ1n) is 12.3. The van der Waals surface area contributed by atoms with Crippen LogP contribution in [-0.4, -0.2) is 56.4 Å². The fourth-order valence-electron chi connectivity index (χ4n) is 4.92. The first kappa shape index (κ1) is 24.4. The number of piperidine rings is 1. The maximum absolute atomic E-state index is 13.5. The van der Waals surface area contributed by atoms with Gasteiger partial charge in [0.2, 0.25) is 5.91 Å². The van der Waals surface area contributed by atoms with Crippen molar-refractivity contribution in [2.45, 2.75) is 52.2 Å². The van der Waals surface area contributed by atoms with Gasteiger partial charge in [0.1, 0.15) is 6.54 Å². The molecule has 2 amide bonds. The summed E-state index contributed by atoms with van der Waals surface area (Å²) in [5, 5.41) is 0.427. The number of carbonyl (C=O) groups excluding carboxylic acids is 2. The number of aromatic nitrogens is 2. The fraction of sp³-hybridized carbons (Fsp3) is 0.407. The van der Waals surface area contributed by atoms with Crippen molar-refractivity contribution in [2.75, 3.05) is 19.6 Å². The number of nitrogens with zero attached hydrogens (tertiary/aromatic N) is 4. The molecule has 0 bridgehead atoms. The van der Waals surface area contributed by atoms with E-state index in [2.05, 4.69) is 0 Å². The first-order valence-corrected chi connectivity index (χ1v) is 12.3. The first-order chi connectivity index (χ1) is 17.0. The van der Waals surface area contributed by atoms with E-state index in [9.17, 15) is 19.2 Å². The van der Waals surface area contributed by atoms with Crippen LogP contribution in [0.15, 0.2) is 64.2 Å². The van der Waals surface area contributed by atoms with Gasteiger partial charge in [0.15, 0.2) is 0 Å². The summed E-state index contributed by atoms with van der Waals surface area (Å²) in [6.45, 7) is 5.62. The zero-order valence-electron chi connectivity index (χ0n) is 20.4. The molecule has 8 nitrogen and oxygen atoms in total. The number of likely N-dealkylation sites (tertiary alicyclic amines) is 1. The lowest BCUT2D eigenvalue weighted by Crippen LogP contribution is -2.50. The molecule has 8 heteroatoms. The Morgan fingerprint density at radius 3 is 2.23 bits per heavy atom.